The Kier molecular flexibility index (Phi) is 5.40. The average Bonchev–Trinajstić information content (AvgIpc) is 2.48. The number of carbonyl (C=O) groups excluding carboxylic acids is 1. The van der Waals surface area contributed by atoms with Gasteiger partial charge < -0.3 is 15.2 Å². The van der Waals surface area contributed by atoms with Gasteiger partial charge in [0.25, 0.3) is 0 Å². The molecule has 110 valence electrons. The summed E-state index contributed by atoms with van der Waals surface area (Å²) in [5, 5.41) is 13.7. The molecule has 1 aliphatic rings. The van der Waals surface area contributed by atoms with Gasteiger partial charge >= 0.3 is 0 Å². The number of ether oxygens (including phenoxy) is 1. The molecule has 20 heavy (non-hydrogen) atoms. The molecule has 0 saturated carbocycles. The number of hydrogen-bond donors (Lipinski definition) is 2. The van der Waals surface area contributed by atoms with Gasteiger partial charge in [0, 0.05) is 11.6 Å². The van der Waals surface area contributed by atoms with Gasteiger partial charge in [0.1, 0.15) is 0 Å². The number of rotatable bonds is 4. The van der Waals surface area contributed by atoms with Crippen molar-refractivity contribution < 1.29 is 14.6 Å². The summed E-state index contributed by atoms with van der Waals surface area (Å²) in [6.45, 7) is 2.99. The molecule has 1 aromatic carbocycles. The molecule has 0 aliphatic carbocycles. The summed E-state index contributed by atoms with van der Waals surface area (Å²) in [6, 6.07) is 6.62. The summed E-state index contributed by atoms with van der Waals surface area (Å²) in [5.41, 5.74) is 0.738. The summed E-state index contributed by atoms with van der Waals surface area (Å²) in [6.07, 6.45) is 1.00. The van der Waals surface area contributed by atoms with Crippen LogP contribution in [-0.4, -0.2) is 30.3 Å². The van der Waals surface area contributed by atoms with Gasteiger partial charge in [-0.2, -0.15) is 0 Å². The zero-order chi connectivity index (χ0) is 14.5. The third kappa shape index (κ3) is 3.95. The molecule has 5 heteroatoms. The second-order valence-corrected chi connectivity index (χ2v) is 5.64. The molecule has 1 fully saturated rings. The van der Waals surface area contributed by atoms with E-state index in [-0.39, 0.29) is 17.9 Å². The van der Waals surface area contributed by atoms with E-state index in [1.807, 2.05) is 0 Å². The third-order valence-electron chi connectivity index (χ3n) is 3.59. The van der Waals surface area contributed by atoms with Crippen LogP contribution in [0.3, 0.4) is 0 Å². The number of halogens is 1. The number of amides is 1. The van der Waals surface area contributed by atoms with E-state index in [1.54, 1.807) is 31.2 Å². The molecule has 1 amide bonds. The van der Waals surface area contributed by atoms with Crippen molar-refractivity contribution >= 4 is 17.5 Å². The number of carbonyl (C=O) groups is 1. The molecule has 2 N–H and O–H groups in total. The van der Waals surface area contributed by atoms with E-state index in [0.29, 0.717) is 11.6 Å². The van der Waals surface area contributed by atoms with Gasteiger partial charge in [-0.05, 0) is 37.5 Å². The van der Waals surface area contributed by atoms with E-state index < -0.39 is 6.10 Å². The molecule has 0 aromatic heterocycles. The molecule has 4 nitrogen and oxygen atoms in total. The molecule has 1 aromatic rings. The average molecular weight is 298 g/mol. The van der Waals surface area contributed by atoms with E-state index in [2.05, 4.69) is 5.32 Å². The summed E-state index contributed by atoms with van der Waals surface area (Å²) in [5.74, 6) is -0.158. The maximum Gasteiger partial charge on any atom is 0.225 e. The first-order valence-corrected chi connectivity index (χ1v) is 7.27. The van der Waals surface area contributed by atoms with Crippen LogP contribution in [0, 0.1) is 5.92 Å². The Bertz CT molecular complexity index is 443. The Morgan fingerprint density at radius 2 is 2.15 bits per heavy atom. The van der Waals surface area contributed by atoms with Crippen molar-refractivity contribution in [3.63, 3.8) is 0 Å². The molecular weight excluding hydrogens is 278 g/mol. The van der Waals surface area contributed by atoms with Gasteiger partial charge in [-0.25, -0.2) is 0 Å². The lowest BCUT2D eigenvalue weighted by molar-refractivity contribution is -0.130. The van der Waals surface area contributed by atoms with Crippen LogP contribution in [0.15, 0.2) is 24.3 Å². The smallest absolute Gasteiger partial charge is 0.225 e. The summed E-state index contributed by atoms with van der Waals surface area (Å²) in [7, 11) is 0. The minimum Gasteiger partial charge on any atom is -0.386 e. The van der Waals surface area contributed by atoms with Crippen LogP contribution in [0.1, 0.15) is 31.4 Å². The number of aliphatic hydroxyl groups is 1. The van der Waals surface area contributed by atoms with Crippen molar-refractivity contribution in [1.29, 1.82) is 0 Å². The minimum absolute atomic E-state index is 0.0507. The molecular formula is C15H20ClNO3. The first kappa shape index (κ1) is 15.3. The highest BCUT2D eigenvalue weighted by atomic mass is 35.5. The normalized spacial score (nSPS) is 22.1. The third-order valence-corrected chi connectivity index (χ3v) is 3.84. The van der Waals surface area contributed by atoms with Gasteiger partial charge in [0.2, 0.25) is 5.91 Å². The predicted molar refractivity (Wildman–Crippen MR) is 77.6 cm³/mol. The second-order valence-electron chi connectivity index (χ2n) is 5.21. The van der Waals surface area contributed by atoms with Gasteiger partial charge in [0.15, 0.2) is 0 Å². The maximum atomic E-state index is 12.1. The monoisotopic (exact) mass is 297 g/mol. The van der Waals surface area contributed by atoms with Crippen molar-refractivity contribution in [2.75, 3.05) is 13.2 Å². The predicted octanol–water partition coefficient (Wildman–Crippen LogP) is 2.30. The van der Waals surface area contributed by atoms with Crippen molar-refractivity contribution in [3.05, 3.63) is 34.9 Å². The van der Waals surface area contributed by atoms with Crippen LogP contribution in [0.5, 0.6) is 0 Å². The van der Waals surface area contributed by atoms with Gasteiger partial charge in [0.05, 0.1) is 24.7 Å². The van der Waals surface area contributed by atoms with Crippen LogP contribution >= 0.6 is 11.6 Å². The van der Waals surface area contributed by atoms with Crippen LogP contribution in [-0.2, 0) is 9.53 Å². The van der Waals surface area contributed by atoms with Gasteiger partial charge in [-0.1, -0.05) is 23.7 Å². The van der Waals surface area contributed by atoms with Crippen LogP contribution in [0.25, 0.3) is 0 Å². The van der Waals surface area contributed by atoms with E-state index >= 15 is 0 Å². The number of hydrogen-bond acceptors (Lipinski definition) is 3. The van der Waals surface area contributed by atoms with Crippen molar-refractivity contribution in [2.24, 2.45) is 5.92 Å². The van der Waals surface area contributed by atoms with E-state index in [4.69, 9.17) is 16.3 Å². The fourth-order valence-electron chi connectivity index (χ4n) is 2.32. The number of aliphatic hydroxyl groups excluding tert-OH is 1. The maximum absolute atomic E-state index is 12.1. The second kappa shape index (κ2) is 7.07. The van der Waals surface area contributed by atoms with Crippen LogP contribution < -0.4 is 5.32 Å². The number of benzene rings is 1. The zero-order valence-electron chi connectivity index (χ0n) is 11.5. The fourth-order valence-corrected chi connectivity index (χ4v) is 2.44. The molecule has 3 unspecified atom stereocenters. The van der Waals surface area contributed by atoms with E-state index in [1.165, 1.54) is 0 Å². The topological polar surface area (TPSA) is 58.6 Å². The van der Waals surface area contributed by atoms with E-state index in [0.717, 1.165) is 25.0 Å². The van der Waals surface area contributed by atoms with E-state index in [9.17, 15) is 9.90 Å². The molecule has 0 spiro atoms. The van der Waals surface area contributed by atoms with Crippen LogP contribution in [0.4, 0.5) is 0 Å². The first-order valence-electron chi connectivity index (χ1n) is 6.89. The largest absolute Gasteiger partial charge is 0.386 e. The van der Waals surface area contributed by atoms with Crippen molar-refractivity contribution in [3.8, 4) is 0 Å². The summed E-state index contributed by atoms with van der Waals surface area (Å²) >= 11 is 5.82. The zero-order valence-corrected chi connectivity index (χ0v) is 12.3. The lowest BCUT2D eigenvalue weighted by atomic mass is 9.99. The number of nitrogens with one attached hydrogen (secondary N) is 1. The first-order chi connectivity index (χ1) is 9.58. The Morgan fingerprint density at radius 3 is 2.75 bits per heavy atom. The summed E-state index contributed by atoms with van der Waals surface area (Å²) < 4.78 is 5.31. The van der Waals surface area contributed by atoms with Crippen molar-refractivity contribution in [2.45, 2.75) is 31.9 Å². The molecule has 0 bridgehead atoms. The standard InChI is InChI=1S/C15H20ClNO3/c1-10(14(18)11-4-6-13(16)7-5-11)17-15(19)12-3-2-8-20-9-12/h4-7,10,12,14,18H,2-3,8-9H2,1H3,(H,17,19). The Morgan fingerprint density at radius 1 is 1.45 bits per heavy atom. The molecule has 1 saturated heterocycles. The quantitative estimate of drug-likeness (QED) is 0.896. The lowest BCUT2D eigenvalue weighted by Crippen LogP contribution is -2.42. The Hall–Kier alpha value is -1.10. The fraction of sp³-hybridized carbons (Fsp3) is 0.533. The lowest BCUT2D eigenvalue weighted by Gasteiger charge is -2.26. The highest BCUT2D eigenvalue weighted by molar-refractivity contribution is 6.30. The minimum atomic E-state index is -0.749. The Labute approximate surface area is 124 Å². The SMILES string of the molecule is CC(NC(=O)C1CCCOC1)C(O)c1ccc(Cl)cc1. The van der Waals surface area contributed by atoms with Gasteiger partial charge in [-0.3, -0.25) is 4.79 Å². The molecule has 3 atom stereocenters. The summed E-state index contributed by atoms with van der Waals surface area (Å²) in [4.78, 5) is 12.1. The highest BCUT2D eigenvalue weighted by Crippen LogP contribution is 2.20. The van der Waals surface area contributed by atoms with Crippen molar-refractivity contribution in [1.82, 2.24) is 5.32 Å². The molecule has 0 radical (unpaired) electrons. The molecule has 2 rings (SSSR count). The Balaban J connectivity index is 1.91. The highest BCUT2D eigenvalue weighted by Gasteiger charge is 2.25. The molecule has 1 heterocycles. The van der Waals surface area contributed by atoms with Crippen LogP contribution in [0.2, 0.25) is 5.02 Å². The van der Waals surface area contributed by atoms with Gasteiger partial charge in [-0.15, -0.1) is 0 Å². The molecule has 1 aliphatic heterocycles.